The highest BCUT2D eigenvalue weighted by Crippen LogP contribution is 2.44. The fourth-order valence-electron chi connectivity index (χ4n) is 4.64. The fourth-order valence-corrected chi connectivity index (χ4v) is 4.64. The van der Waals surface area contributed by atoms with Gasteiger partial charge in [0.2, 0.25) is 5.91 Å². The number of carbonyl (C=O) groups excluding carboxylic acids is 1. The number of carbonyl (C=O) groups is 1. The number of rotatable bonds is 4. The Kier molecular flexibility index (Phi) is 4.85. The summed E-state index contributed by atoms with van der Waals surface area (Å²) in [5.74, 6) is 1.14. The third-order valence-electron chi connectivity index (χ3n) is 6.55. The van der Waals surface area contributed by atoms with Crippen LogP contribution in [0.4, 0.5) is 10.1 Å². The fraction of sp³-hybridized carbons (Fsp3) is 0.375. The molecule has 0 atom stereocenters. The zero-order chi connectivity index (χ0) is 20.6. The minimum Gasteiger partial charge on any atom is -0.323 e. The Morgan fingerprint density at radius 2 is 1.83 bits per heavy atom. The van der Waals surface area contributed by atoms with Crippen LogP contribution in [-0.4, -0.2) is 20.7 Å². The Bertz CT molecular complexity index is 1070. The molecule has 1 saturated carbocycles. The SMILES string of the molecule is O=C(Nc1cc(-c2nnc3n2CCCCC3)ccc1F)C1(c2ccccc2)CCC1. The first-order chi connectivity index (χ1) is 14.7. The van der Waals surface area contributed by atoms with Gasteiger partial charge in [-0.3, -0.25) is 4.79 Å². The average Bonchev–Trinajstić information content (AvgIpc) is 2.98. The average molecular weight is 404 g/mol. The van der Waals surface area contributed by atoms with Crippen molar-refractivity contribution in [2.24, 2.45) is 0 Å². The number of aryl methyl sites for hydroxylation is 1. The Morgan fingerprint density at radius 1 is 1.00 bits per heavy atom. The van der Waals surface area contributed by atoms with Crippen LogP contribution in [0.25, 0.3) is 11.4 Å². The molecule has 1 amide bonds. The molecule has 6 heteroatoms. The van der Waals surface area contributed by atoms with Crippen LogP contribution in [0, 0.1) is 5.82 Å². The summed E-state index contributed by atoms with van der Waals surface area (Å²) in [7, 11) is 0. The number of nitrogens with one attached hydrogen (secondary N) is 1. The minimum atomic E-state index is -0.574. The second-order valence-corrected chi connectivity index (χ2v) is 8.35. The van der Waals surface area contributed by atoms with Crippen LogP contribution in [0.5, 0.6) is 0 Å². The van der Waals surface area contributed by atoms with E-state index in [4.69, 9.17) is 0 Å². The summed E-state index contributed by atoms with van der Waals surface area (Å²) in [6.45, 7) is 0.869. The van der Waals surface area contributed by atoms with Crippen molar-refractivity contribution in [1.82, 2.24) is 14.8 Å². The topological polar surface area (TPSA) is 59.8 Å². The van der Waals surface area contributed by atoms with Gasteiger partial charge >= 0.3 is 0 Å². The summed E-state index contributed by atoms with van der Waals surface area (Å²) in [5, 5.41) is 11.6. The third kappa shape index (κ3) is 3.20. The molecule has 1 aliphatic carbocycles. The van der Waals surface area contributed by atoms with Crippen LogP contribution in [0.15, 0.2) is 48.5 Å². The predicted molar refractivity (Wildman–Crippen MR) is 114 cm³/mol. The van der Waals surface area contributed by atoms with Crippen LogP contribution < -0.4 is 5.32 Å². The summed E-state index contributed by atoms with van der Waals surface area (Å²) in [4.78, 5) is 13.2. The normalized spacial score (nSPS) is 17.5. The number of benzene rings is 2. The van der Waals surface area contributed by atoms with Gasteiger partial charge < -0.3 is 9.88 Å². The van der Waals surface area contributed by atoms with E-state index in [9.17, 15) is 9.18 Å². The number of hydrogen-bond donors (Lipinski definition) is 1. The Hall–Kier alpha value is -3.02. The van der Waals surface area contributed by atoms with Crippen LogP contribution in [0.1, 0.15) is 49.9 Å². The second kappa shape index (κ2) is 7.67. The summed E-state index contributed by atoms with van der Waals surface area (Å²) >= 11 is 0. The lowest BCUT2D eigenvalue weighted by molar-refractivity contribution is -0.124. The van der Waals surface area contributed by atoms with Gasteiger partial charge in [-0.15, -0.1) is 10.2 Å². The van der Waals surface area contributed by atoms with Crippen molar-refractivity contribution in [3.63, 3.8) is 0 Å². The van der Waals surface area contributed by atoms with Crippen molar-refractivity contribution in [3.8, 4) is 11.4 Å². The molecule has 3 aromatic rings. The maximum atomic E-state index is 14.6. The largest absolute Gasteiger partial charge is 0.323 e. The molecule has 1 aliphatic heterocycles. The van der Waals surface area contributed by atoms with Gasteiger partial charge in [-0.05, 0) is 49.4 Å². The zero-order valence-electron chi connectivity index (χ0n) is 16.9. The highest BCUT2D eigenvalue weighted by atomic mass is 19.1. The molecule has 0 radical (unpaired) electrons. The van der Waals surface area contributed by atoms with Crippen molar-refractivity contribution in [2.75, 3.05) is 5.32 Å². The van der Waals surface area contributed by atoms with Crippen LogP contribution in [0.3, 0.4) is 0 Å². The monoisotopic (exact) mass is 404 g/mol. The maximum Gasteiger partial charge on any atom is 0.235 e. The number of amides is 1. The minimum absolute atomic E-state index is 0.143. The first-order valence-corrected chi connectivity index (χ1v) is 10.8. The van der Waals surface area contributed by atoms with E-state index in [2.05, 4.69) is 20.1 Å². The van der Waals surface area contributed by atoms with Crippen molar-refractivity contribution in [1.29, 1.82) is 0 Å². The molecule has 1 N–H and O–H groups in total. The highest BCUT2D eigenvalue weighted by Gasteiger charge is 2.45. The molecule has 0 spiro atoms. The van der Waals surface area contributed by atoms with Crippen molar-refractivity contribution >= 4 is 11.6 Å². The first kappa shape index (κ1) is 19.0. The quantitative estimate of drug-likeness (QED) is 0.675. The van der Waals surface area contributed by atoms with E-state index in [0.29, 0.717) is 0 Å². The van der Waals surface area contributed by atoms with Gasteiger partial charge in [-0.25, -0.2) is 4.39 Å². The lowest BCUT2D eigenvalue weighted by atomic mass is 9.64. The molecule has 0 saturated heterocycles. The lowest BCUT2D eigenvalue weighted by Crippen LogP contribution is -2.46. The smallest absolute Gasteiger partial charge is 0.235 e. The molecule has 2 heterocycles. The standard InChI is InChI=1S/C24H25FN4O/c25-19-12-11-17(22-28-27-21-10-5-2-6-15-29(21)22)16-20(19)26-23(30)24(13-7-14-24)18-8-3-1-4-9-18/h1,3-4,8-9,11-12,16H,2,5-7,10,13-15H2,(H,26,30). The van der Waals surface area contributed by atoms with Crippen molar-refractivity contribution < 1.29 is 9.18 Å². The molecule has 1 fully saturated rings. The summed E-state index contributed by atoms with van der Waals surface area (Å²) < 4.78 is 16.8. The van der Waals surface area contributed by atoms with Gasteiger partial charge in [-0.1, -0.05) is 43.2 Å². The molecular weight excluding hydrogens is 379 g/mol. The number of hydrogen-bond acceptors (Lipinski definition) is 3. The Labute approximate surface area is 175 Å². The lowest BCUT2D eigenvalue weighted by Gasteiger charge is -2.40. The van der Waals surface area contributed by atoms with E-state index >= 15 is 0 Å². The molecule has 5 nitrogen and oxygen atoms in total. The van der Waals surface area contributed by atoms with Crippen LogP contribution >= 0.6 is 0 Å². The molecule has 154 valence electrons. The van der Waals surface area contributed by atoms with Gasteiger partial charge in [0, 0.05) is 18.5 Å². The number of aromatic nitrogens is 3. The van der Waals surface area contributed by atoms with Gasteiger partial charge in [0.05, 0.1) is 11.1 Å². The highest BCUT2D eigenvalue weighted by molar-refractivity contribution is 6.00. The van der Waals surface area contributed by atoms with Crippen molar-refractivity contribution in [3.05, 3.63) is 65.7 Å². The van der Waals surface area contributed by atoms with Gasteiger partial charge in [0.15, 0.2) is 5.82 Å². The van der Waals surface area contributed by atoms with E-state index in [1.807, 2.05) is 30.3 Å². The molecule has 0 unspecified atom stereocenters. The van der Waals surface area contributed by atoms with E-state index in [1.165, 1.54) is 12.5 Å². The third-order valence-corrected chi connectivity index (χ3v) is 6.55. The van der Waals surface area contributed by atoms with E-state index < -0.39 is 11.2 Å². The second-order valence-electron chi connectivity index (χ2n) is 8.35. The first-order valence-electron chi connectivity index (χ1n) is 10.8. The van der Waals surface area contributed by atoms with Gasteiger partial charge in [0.25, 0.3) is 0 Å². The van der Waals surface area contributed by atoms with E-state index in [0.717, 1.165) is 67.8 Å². The predicted octanol–water partition coefficient (Wildman–Crippen LogP) is 4.87. The van der Waals surface area contributed by atoms with Crippen molar-refractivity contribution in [2.45, 2.75) is 56.9 Å². The molecule has 5 rings (SSSR count). The molecular formula is C24H25FN4O. The summed E-state index contributed by atoms with van der Waals surface area (Å²) in [6.07, 6.45) is 6.85. The zero-order valence-corrected chi connectivity index (χ0v) is 16.9. The molecule has 1 aromatic heterocycles. The maximum absolute atomic E-state index is 14.6. The molecule has 2 aromatic carbocycles. The summed E-state index contributed by atoms with van der Waals surface area (Å²) in [6, 6.07) is 14.6. The molecule has 2 aliphatic rings. The number of nitrogens with zero attached hydrogens (tertiary/aromatic N) is 3. The number of anilines is 1. The number of fused-ring (bicyclic) bond motifs is 1. The van der Waals surface area contributed by atoms with E-state index in [1.54, 1.807) is 12.1 Å². The van der Waals surface area contributed by atoms with Gasteiger partial charge in [-0.2, -0.15) is 0 Å². The molecule has 30 heavy (non-hydrogen) atoms. The van der Waals surface area contributed by atoms with E-state index in [-0.39, 0.29) is 11.6 Å². The molecule has 0 bridgehead atoms. The van der Waals surface area contributed by atoms with Crippen LogP contribution in [-0.2, 0) is 23.2 Å². The Morgan fingerprint density at radius 3 is 2.60 bits per heavy atom. The van der Waals surface area contributed by atoms with Crippen LogP contribution in [0.2, 0.25) is 0 Å². The number of halogens is 1. The summed E-state index contributed by atoms with van der Waals surface area (Å²) in [5.41, 5.74) is 1.39. The Balaban J connectivity index is 1.45. The van der Waals surface area contributed by atoms with Gasteiger partial charge in [0.1, 0.15) is 11.6 Å².